The lowest BCUT2D eigenvalue weighted by Gasteiger charge is -2.23. The largest absolute Gasteiger partial charge is 0.444 e. The van der Waals surface area contributed by atoms with Gasteiger partial charge in [0.05, 0.1) is 6.20 Å². The predicted molar refractivity (Wildman–Crippen MR) is 120 cm³/mol. The third-order valence-corrected chi connectivity index (χ3v) is 5.66. The van der Waals surface area contributed by atoms with Crippen molar-refractivity contribution in [2.45, 2.75) is 38.1 Å². The maximum atomic E-state index is 12.8. The van der Waals surface area contributed by atoms with Crippen LogP contribution in [0.4, 0.5) is 11.6 Å². The van der Waals surface area contributed by atoms with E-state index in [0.29, 0.717) is 23.2 Å². The molecule has 0 bridgehead atoms. The number of anilines is 2. The number of fused-ring (bicyclic) bond motifs is 1. The van der Waals surface area contributed by atoms with Crippen LogP contribution in [0.5, 0.6) is 0 Å². The van der Waals surface area contributed by atoms with Gasteiger partial charge in [0.25, 0.3) is 5.91 Å². The summed E-state index contributed by atoms with van der Waals surface area (Å²) in [6.07, 6.45) is 12.6. The van der Waals surface area contributed by atoms with Crippen molar-refractivity contribution in [2.75, 3.05) is 10.6 Å². The fourth-order valence-corrected chi connectivity index (χ4v) is 4.02. The van der Waals surface area contributed by atoms with Gasteiger partial charge < -0.3 is 15.1 Å². The number of oxazole rings is 1. The van der Waals surface area contributed by atoms with Crippen LogP contribution in [0, 0.1) is 0 Å². The maximum absolute atomic E-state index is 12.8. The van der Waals surface area contributed by atoms with Crippen LogP contribution in [-0.4, -0.2) is 26.9 Å². The Bertz CT molecular complexity index is 1200. The average molecular weight is 413 g/mol. The van der Waals surface area contributed by atoms with Gasteiger partial charge in [-0.3, -0.25) is 4.79 Å². The molecule has 7 heteroatoms. The van der Waals surface area contributed by atoms with Crippen molar-refractivity contribution in [1.82, 2.24) is 15.0 Å². The van der Waals surface area contributed by atoms with Crippen molar-refractivity contribution >= 4 is 28.3 Å². The van der Waals surface area contributed by atoms with E-state index in [4.69, 9.17) is 4.42 Å². The number of aromatic nitrogens is 3. The third kappa shape index (κ3) is 4.40. The van der Waals surface area contributed by atoms with Crippen LogP contribution >= 0.6 is 0 Å². The van der Waals surface area contributed by atoms with Gasteiger partial charge in [0.1, 0.15) is 11.6 Å². The van der Waals surface area contributed by atoms with Crippen LogP contribution in [0.2, 0.25) is 0 Å². The van der Waals surface area contributed by atoms with Crippen molar-refractivity contribution in [3.63, 3.8) is 0 Å². The highest BCUT2D eigenvalue weighted by molar-refractivity contribution is 6.05. The first-order valence-electron chi connectivity index (χ1n) is 10.6. The van der Waals surface area contributed by atoms with Crippen LogP contribution in [-0.2, 0) is 0 Å². The number of hydrogen-bond acceptors (Lipinski definition) is 6. The fourth-order valence-electron chi connectivity index (χ4n) is 4.02. The lowest BCUT2D eigenvalue weighted by atomic mass is 9.95. The Balaban J connectivity index is 1.33. The first-order valence-corrected chi connectivity index (χ1v) is 10.6. The standard InChI is InChI=1S/C24H23N5O2/c30-24(17-8-9-26-22(11-17)28-20-4-2-1-3-5-20)29-23-12-19-10-16(21-14-25-15-31-21)6-7-18(19)13-27-23/h6-15,20H,1-5H2,(H,26,28)(H,27,29,30). The first kappa shape index (κ1) is 19.2. The van der Waals surface area contributed by atoms with E-state index in [1.54, 1.807) is 30.7 Å². The molecule has 1 fully saturated rings. The number of benzene rings is 1. The summed E-state index contributed by atoms with van der Waals surface area (Å²) in [5.74, 6) is 1.71. The molecule has 1 saturated carbocycles. The lowest BCUT2D eigenvalue weighted by Crippen LogP contribution is -2.23. The Morgan fingerprint density at radius 3 is 2.68 bits per heavy atom. The van der Waals surface area contributed by atoms with Gasteiger partial charge in [0.2, 0.25) is 0 Å². The summed E-state index contributed by atoms with van der Waals surface area (Å²) in [6.45, 7) is 0. The monoisotopic (exact) mass is 413 g/mol. The van der Waals surface area contributed by atoms with Gasteiger partial charge in [-0.15, -0.1) is 0 Å². The number of rotatable bonds is 5. The Labute approximate surface area is 179 Å². The summed E-state index contributed by atoms with van der Waals surface area (Å²) >= 11 is 0. The normalized spacial score (nSPS) is 14.5. The number of nitrogens with zero attached hydrogens (tertiary/aromatic N) is 3. The highest BCUT2D eigenvalue weighted by atomic mass is 16.3. The van der Waals surface area contributed by atoms with E-state index in [0.717, 1.165) is 35.0 Å². The molecule has 0 radical (unpaired) electrons. The summed E-state index contributed by atoms with van der Waals surface area (Å²) in [7, 11) is 0. The molecule has 1 aliphatic rings. The number of nitrogens with one attached hydrogen (secondary N) is 2. The second-order valence-electron chi connectivity index (χ2n) is 7.86. The number of pyridine rings is 2. The molecule has 1 amide bonds. The summed E-state index contributed by atoms with van der Waals surface area (Å²) in [4.78, 5) is 25.5. The van der Waals surface area contributed by atoms with E-state index in [1.165, 1.54) is 25.7 Å². The molecule has 5 rings (SSSR count). The summed E-state index contributed by atoms with van der Waals surface area (Å²) in [5, 5.41) is 8.29. The molecule has 0 aliphatic heterocycles. The molecule has 1 aromatic carbocycles. The molecule has 0 spiro atoms. The van der Waals surface area contributed by atoms with Crippen LogP contribution in [0.25, 0.3) is 22.1 Å². The van der Waals surface area contributed by atoms with Crippen molar-refractivity contribution < 1.29 is 9.21 Å². The Hall–Kier alpha value is -3.74. The Morgan fingerprint density at radius 2 is 1.84 bits per heavy atom. The summed E-state index contributed by atoms with van der Waals surface area (Å²) < 4.78 is 5.38. The molecular formula is C24H23N5O2. The van der Waals surface area contributed by atoms with Gasteiger partial charge >= 0.3 is 0 Å². The predicted octanol–water partition coefficient (Wildman–Crippen LogP) is 5.28. The minimum Gasteiger partial charge on any atom is -0.444 e. The highest BCUT2D eigenvalue weighted by Crippen LogP contribution is 2.25. The molecule has 7 nitrogen and oxygen atoms in total. The molecule has 0 saturated heterocycles. The minimum atomic E-state index is -0.215. The average Bonchev–Trinajstić information content (AvgIpc) is 3.34. The molecular weight excluding hydrogens is 390 g/mol. The fraction of sp³-hybridized carbons (Fsp3) is 0.250. The summed E-state index contributed by atoms with van der Waals surface area (Å²) in [6, 6.07) is 11.7. The van der Waals surface area contributed by atoms with Gasteiger partial charge in [0.15, 0.2) is 12.2 Å². The van der Waals surface area contributed by atoms with Crippen LogP contribution < -0.4 is 10.6 Å². The van der Waals surface area contributed by atoms with Crippen molar-refractivity contribution in [3.8, 4) is 11.3 Å². The zero-order chi connectivity index (χ0) is 21.0. The van der Waals surface area contributed by atoms with E-state index >= 15 is 0 Å². The van der Waals surface area contributed by atoms with E-state index in [1.807, 2.05) is 24.3 Å². The van der Waals surface area contributed by atoms with Crippen molar-refractivity contribution in [3.05, 3.63) is 66.9 Å². The molecule has 1 aliphatic carbocycles. The lowest BCUT2D eigenvalue weighted by molar-refractivity contribution is 0.102. The smallest absolute Gasteiger partial charge is 0.257 e. The van der Waals surface area contributed by atoms with Gasteiger partial charge in [-0.2, -0.15) is 0 Å². The second kappa shape index (κ2) is 8.55. The number of carbonyl (C=O) groups is 1. The topological polar surface area (TPSA) is 92.9 Å². The zero-order valence-electron chi connectivity index (χ0n) is 17.0. The first-order chi connectivity index (χ1) is 15.2. The van der Waals surface area contributed by atoms with Crippen LogP contribution in [0.15, 0.2) is 65.8 Å². The van der Waals surface area contributed by atoms with E-state index in [-0.39, 0.29) is 5.91 Å². The minimum absolute atomic E-state index is 0.215. The number of amides is 1. The Kier molecular flexibility index (Phi) is 5.31. The molecule has 4 aromatic rings. The molecule has 3 heterocycles. The second-order valence-corrected chi connectivity index (χ2v) is 7.86. The molecule has 31 heavy (non-hydrogen) atoms. The van der Waals surface area contributed by atoms with E-state index in [9.17, 15) is 4.79 Å². The van der Waals surface area contributed by atoms with Crippen LogP contribution in [0.1, 0.15) is 42.5 Å². The zero-order valence-corrected chi connectivity index (χ0v) is 17.0. The van der Waals surface area contributed by atoms with E-state index in [2.05, 4.69) is 25.6 Å². The molecule has 2 N–H and O–H groups in total. The molecule has 156 valence electrons. The Morgan fingerprint density at radius 1 is 0.935 bits per heavy atom. The maximum Gasteiger partial charge on any atom is 0.257 e. The number of carbonyl (C=O) groups excluding carboxylic acids is 1. The van der Waals surface area contributed by atoms with Gasteiger partial charge in [0, 0.05) is 34.9 Å². The number of hydrogen-bond donors (Lipinski definition) is 2. The highest BCUT2D eigenvalue weighted by Gasteiger charge is 2.15. The van der Waals surface area contributed by atoms with Gasteiger partial charge in [-0.25, -0.2) is 15.0 Å². The van der Waals surface area contributed by atoms with E-state index < -0.39 is 0 Å². The molecule has 0 atom stereocenters. The molecule has 0 unspecified atom stereocenters. The summed E-state index contributed by atoms with van der Waals surface area (Å²) in [5.41, 5.74) is 1.46. The SMILES string of the molecule is O=C(Nc1cc2cc(-c3cnco3)ccc2cn1)c1ccnc(NC2CCCCC2)c1. The van der Waals surface area contributed by atoms with Crippen LogP contribution in [0.3, 0.4) is 0 Å². The molecule has 3 aromatic heterocycles. The quantitative estimate of drug-likeness (QED) is 0.462. The van der Waals surface area contributed by atoms with Gasteiger partial charge in [-0.1, -0.05) is 31.4 Å². The van der Waals surface area contributed by atoms with Crippen molar-refractivity contribution in [1.29, 1.82) is 0 Å². The third-order valence-electron chi connectivity index (χ3n) is 5.66. The van der Waals surface area contributed by atoms with Gasteiger partial charge in [-0.05, 0) is 42.5 Å². The van der Waals surface area contributed by atoms with Crippen molar-refractivity contribution in [2.24, 2.45) is 0 Å².